The number of pyridine rings is 1. The molecule has 2 fully saturated rings. The van der Waals surface area contributed by atoms with Gasteiger partial charge in [0.15, 0.2) is 0 Å². The van der Waals surface area contributed by atoms with E-state index in [-0.39, 0.29) is 23.9 Å². The summed E-state index contributed by atoms with van der Waals surface area (Å²) >= 11 is 24.5. The molecule has 2 aromatic carbocycles. The van der Waals surface area contributed by atoms with Crippen LogP contribution in [0.25, 0.3) is 0 Å². The van der Waals surface area contributed by atoms with Crippen molar-refractivity contribution in [2.75, 3.05) is 63.8 Å². The number of aromatic nitrogens is 5. The second kappa shape index (κ2) is 17.0. The molecule has 7 rings (SSSR count). The number of likely N-dealkylation sites (N-methyl/N-ethyl adjacent to an activating group) is 1. The van der Waals surface area contributed by atoms with Crippen LogP contribution in [0.1, 0.15) is 36.2 Å². The molecule has 0 bridgehead atoms. The van der Waals surface area contributed by atoms with Crippen LogP contribution in [-0.4, -0.2) is 80.6 Å². The Bertz CT molecular complexity index is 2280. The van der Waals surface area contributed by atoms with Gasteiger partial charge in [0.1, 0.15) is 11.6 Å². The Morgan fingerprint density at radius 2 is 1.54 bits per heavy atom. The summed E-state index contributed by atoms with van der Waals surface area (Å²) in [5, 5.41) is 14.0. The summed E-state index contributed by atoms with van der Waals surface area (Å²) in [7, 11) is 0. The average Bonchev–Trinajstić information content (AvgIpc) is 3.54. The second-order valence-corrected chi connectivity index (χ2v) is 15.1. The first-order valence-corrected chi connectivity index (χ1v) is 19.4. The number of amides is 4. The van der Waals surface area contributed by atoms with E-state index >= 15 is 0 Å². The molecule has 2 atom stereocenters. The molecule has 56 heavy (non-hydrogen) atoms. The van der Waals surface area contributed by atoms with Crippen LogP contribution in [-0.2, 0) is 0 Å². The van der Waals surface area contributed by atoms with E-state index in [1.54, 1.807) is 58.5 Å². The maximum atomic E-state index is 13.6. The number of anilines is 7. The van der Waals surface area contributed by atoms with E-state index in [2.05, 4.69) is 53.0 Å². The number of rotatable bonds is 10. The molecule has 4 amide bonds. The van der Waals surface area contributed by atoms with Crippen LogP contribution >= 0.6 is 46.4 Å². The highest BCUT2D eigenvalue weighted by atomic mass is 35.5. The molecular formula is C38H38Cl4N12O2. The standard InChI is InChI=1S/C38H38Cl4N12O2/c1-4-52-19-23(15-25(20-52)46-33-14-22(3)45-36(50-33)54-12-11-53(38(54)56)26-6-8-29(40)31(42)17-26)27-18-43-10-9-32(27)48-34-13-21(2)44-35(49-34)51-37(55)47-24-5-7-28(39)30(41)16-24/h5-10,13-14,16-18,23,25H,4,11-12,15,19-20H2,1-3H3,(H,45,46,50)(H3,43,44,47,48,49,51,55). The van der Waals surface area contributed by atoms with Crippen LogP contribution < -0.4 is 31.1 Å². The summed E-state index contributed by atoms with van der Waals surface area (Å²) in [4.78, 5) is 54.8. The number of hydrogen-bond donors (Lipinski definition) is 4. The fraction of sp³-hybridized carbons (Fsp3) is 0.289. The predicted octanol–water partition coefficient (Wildman–Crippen LogP) is 9.02. The van der Waals surface area contributed by atoms with E-state index in [0.717, 1.165) is 43.0 Å². The molecule has 5 heterocycles. The number of likely N-dealkylation sites (tertiary alicyclic amines) is 1. The fourth-order valence-electron chi connectivity index (χ4n) is 6.86. The highest BCUT2D eigenvalue weighted by Gasteiger charge is 2.34. The van der Waals surface area contributed by atoms with E-state index in [0.29, 0.717) is 67.8 Å². The second-order valence-electron chi connectivity index (χ2n) is 13.5. The van der Waals surface area contributed by atoms with Crippen molar-refractivity contribution in [1.29, 1.82) is 0 Å². The molecule has 0 aliphatic carbocycles. The van der Waals surface area contributed by atoms with Crippen LogP contribution in [0.2, 0.25) is 20.1 Å². The first-order valence-electron chi connectivity index (χ1n) is 17.9. The SMILES string of the molecule is CCN1CC(Nc2cc(C)nc(N3CCN(c4ccc(Cl)c(Cl)c4)C3=O)n2)CC(c2cnccc2Nc2cc(C)nc(NC(=O)Nc3ccc(Cl)c(Cl)c3)n2)C1. The van der Waals surface area contributed by atoms with Crippen molar-refractivity contribution >= 4 is 99.1 Å². The Labute approximate surface area is 344 Å². The zero-order valence-corrected chi connectivity index (χ0v) is 33.7. The number of carbonyl (C=O) groups is 2. The van der Waals surface area contributed by atoms with Crippen LogP contribution in [0.3, 0.4) is 0 Å². The minimum absolute atomic E-state index is 0.0250. The van der Waals surface area contributed by atoms with Gasteiger partial charge in [-0.2, -0.15) is 9.97 Å². The summed E-state index contributed by atoms with van der Waals surface area (Å²) in [6.45, 7) is 9.20. The minimum Gasteiger partial charge on any atom is -0.366 e. The lowest BCUT2D eigenvalue weighted by atomic mass is 9.88. The lowest BCUT2D eigenvalue weighted by Gasteiger charge is -2.38. The molecule has 3 aromatic heterocycles. The molecule has 2 aliphatic heterocycles. The summed E-state index contributed by atoms with van der Waals surface area (Å²) < 4.78 is 0. The third kappa shape index (κ3) is 9.17. The van der Waals surface area contributed by atoms with Gasteiger partial charge in [0.2, 0.25) is 11.9 Å². The Hall–Kier alpha value is -4.99. The first kappa shape index (κ1) is 39.3. The number of benzene rings is 2. The number of carbonyl (C=O) groups excluding carboxylic acids is 2. The Balaban J connectivity index is 1.05. The number of piperidine rings is 1. The van der Waals surface area contributed by atoms with Crippen molar-refractivity contribution in [1.82, 2.24) is 29.8 Å². The van der Waals surface area contributed by atoms with Crippen LogP contribution in [0.4, 0.5) is 50.2 Å². The number of nitrogens with one attached hydrogen (secondary N) is 4. The van der Waals surface area contributed by atoms with E-state index in [1.165, 1.54) is 0 Å². The van der Waals surface area contributed by atoms with Gasteiger partial charge < -0.3 is 20.9 Å². The normalized spacial score (nSPS) is 17.2. The molecule has 2 saturated heterocycles. The maximum Gasteiger partial charge on any atom is 0.331 e. The number of nitrogens with zero attached hydrogens (tertiary/aromatic N) is 8. The summed E-state index contributed by atoms with van der Waals surface area (Å²) in [6, 6.07) is 14.8. The molecule has 0 spiro atoms. The summed E-state index contributed by atoms with van der Waals surface area (Å²) in [5.41, 5.74) is 4.37. The van der Waals surface area contributed by atoms with Crippen molar-refractivity contribution in [2.45, 2.75) is 39.2 Å². The van der Waals surface area contributed by atoms with E-state index < -0.39 is 6.03 Å². The quantitative estimate of drug-likeness (QED) is 0.107. The molecule has 2 unspecified atom stereocenters. The maximum absolute atomic E-state index is 13.6. The van der Waals surface area contributed by atoms with Gasteiger partial charge >= 0.3 is 12.1 Å². The highest BCUT2D eigenvalue weighted by Crippen LogP contribution is 2.35. The van der Waals surface area contributed by atoms with Gasteiger partial charge in [-0.15, -0.1) is 0 Å². The third-order valence-corrected chi connectivity index (χ3v) is 10.9. The Morgan fingerprint density at radius 3 is 2.30 bits per heavy atom. The molecular weight excluding hydrogens is 798 g/mol. The van der Waals surface area contributed by atoms with Crippen LogP contribution in [0.5, 0.6) is 0 Å². The molecule has 2 aliphatic rings. The van der Waals surface area contributed by atoms with Gasteiger partial charge in [-0.1, -0.05) is 53.3 Å². The van der Waals surface area contributed by atoms with Gasteiger partial charge in [0.05, 0.1) is 20.1 Å². The largest absolute Gasteiger partial charge is 0.366 e. The molecule has 5 aromatic rings. The lowest BCUT2D eigenvalue weighted by molar-refractivity contribution is 0.205. The monoisotopic (exact) mass is 834 g/mol. The molecule has 4 N–H and O–H groups in total. The van der Waals surface area contributed by atoms with Crippen molar-refractivity contribution in [2.24, 2.45) is 0 Å². The number of hydrogen-bond acceptors (Lipinski definition) is 10. The number of halogens is 4. The molecule has 290 valence electrons. The number of urea groups is 2. The van der Waals surface area contributed by atoms with Gasteiger partial charge in [-0.25, -0.2) is 19.6 Å². The first-order chi connectivity index (χ1) is 26.9. The van der Waals surface area contributed by atoms with E-state index in [9.17, 15) is 9.59 Å². The highest BCUT2D eigenvalue weighted by molar-refractivity contribution is 6.42. The lowest BCUT2D eigenvalue weighted by Crippen LogP contribution is -2.45. The molecule has 0 saturated carbocycles. The summed E-state index contributed by atoms with van der Waals surface area (Å²) in [5.74, 6) is 1.69. The van der Waals surface area contributed by atoms with Gasteiger partial charge in [0.25, 0.3) is 0 Å². The molecule has 0 radical (unpaired) electrons. The Morgan fingerprint density at radius 1 is 0.804 bits per heavy atom. The van der Waals surface area contributed by atoms with Crippen molar-refractivity contribution in [3.63, 3.8) is 0 Å². The molecule has 18 heteroatoms. The van der Waals surface area contributed by atoms with Crippen LogP contribution in [0, 0.1) is 13.8 Å². The van der Waals surface area contributed by atoms with Gasteiger partial charge in [-0.05, 0) is 74.8 Å². The Kier molecular flexibility index (Phi) is 11.9. The predicted molar refractivity (Wildman–Crippen MR) is 224 cm³/mol. The fourth-order valence-corrected chi connectivity index (χ4v) is 7.45. The topological polar surface area (TPSA) is 156 Å². The van der Waals surface area contributed by atoms with Crippen molar-refractivity contribution < 1.29 is 9.59 Å². The van der Waals surface area contributed by atoms with Crippen molar-refractivity contribution in [3.05, 3.63) is 104 Å². The molecule has 14 nitrogen and oxygen atoms in total. The summed E-state index contributed by atoms with van der Waals surface area (Å²) in [6.07, 6.45) is 4.40. The van der Waals surface area contributed by atoms with E-state index in [4.69, 9.17) is 51.4 Å². The zero-order valence-electron chi connectivity index (χ0n) is 30.7. The third-order valence-electron chi connectivity index (χ3n) is 9.44. The van der Waals surface area contributed by atoms with E-state index in [1.807, 2.05) is 32.2 Å². The zero-order chi connectivity index (χ0) is 39.5. The van der Waals surface area contributed by atoms with Crippen LogP contribution in [0.15, 0.2) is 67.0 Å². The smallest absolute Gasteiger partial charge is 0.331 e. The van der Waals surface area contributed by atoms with Gasteiger partial charge in [0, 0.05) is 91.1 Å². The number of aryl methyl sites for hydroxylation is 2. The van der Waals surface area contributed by atoms with Crippen molar-refractivity contribution in [3.8, 4) is 0 Å². The minimum atomic E-state index is -0.534. The average molecular weight is 837 g/mol. The van der Waals surface area contributed by atoms with Gasteiger partial charge in [-0.3, -0.25) is 20.1 Å².